The molecular weight excluding hydrogens is 528 g/mol. The zero-order valence-corrected chi connectivity index (χ0v) is 22.9. The minimum atomic E-state index is -1.22. The number of unbranched alkanes of at least 4 members (excludes halogenated alkanes) is 2. The maximum atomic E-state index is 6.22. The van der Waals surface area contributed by atoms with Gasteiger partial charge in [0.05, 0.1) is 0 Å². The van der Waals surface area contributed by atoms with E-state index in [0.29, 0.717) is 6.10 Å². The molecule has 0 saturated carbocycles. The van der Waals surface area contributed by atoms with Gasteiger partial charge < -0.3 is 0 Å². The third-order valence-electron chi connectivity index (χ3n) is 4.94. The third-order valence-corrected chi connectivity index (χ3v) is 10.2. The Hall–Kier alpha value is 1.07. The molecular formula is C19H35ClHgO4. The molecule has 2 rings (SSSR count). The van der Waals surface area contributed by atoms with Crippen LogP contribution in [0.4, 0.5) is 0 Å². The summed E-state index contributed by atoms with van der Waals surface area (Å²) in [7, 11) is 6.14. The molecule has 0 unspecified atom stereocenters. The van der Waals surface area contributed by atoms with Gasteiger partial charge in [-0.1, -0.05) is 6.92 Å². The first-order valence-electron chi connectivity index (χ1n) is 10.00. The van der Waals surface area contributed by atoms with E-state index < -0.39 is 34.9 Å². The molecule has 0 N–H and O–H groups in total. The van der Waals surface area contributed by atoms with Gasteiger partial charge in [0.2, 0.25) is 0 Å². The Morgan fingerprint density at radius 3 is 1.92 bits per heavy atom. The Morgan fingerprint density at radius 1 is 0.840 bits per heavy atom. The fraction of sp³-hybridized carbons (Fsp3) is 1.00. The third kappa shape index (κ3) is 7.91. The van der Waals surface area contributed by atoms with E-state index in [1.165, 1.54) is 19.3 Å². The summed E-state index contributed by atoms with van der Waals surface area (Å²) in [6, 6.07) is 0. The van der Waals surface area contributed by atoms with Crippen LogP contribution in [-0.4, -0.2) is 36.0 Å². The van der Waals surface area contributed by atoms with Crippen LogP contribution in [0, 0.1) is 0 Å². The van der Waals surface area contributed by atoms with Crippen LogP contribution in [-0.2, 0) is 42.3 Å². The van der Waals surface area contributed by atoms with Gasteiger partial charge in [0, 0.05) is 0 Å². The van der Waals surface area contributed by atoms with E-state index in [0.717, 1.165) is 29.6 Å². The predicted molar refractivity (Wildman–Crippen MR) is 96.3 cm³/mol. The van der Waals surface area contributed by atoms with Crippen molar-refractivity contribution in [2.45, 2.75) is 119 Å². The van der Waals surface area contributed by atoms with Gasteiger partial charge in [0.15, 0.2) is 0 Å². The van der Waals surface area contributed by atoms with E-state index in [-0.39, 0.29) is 18.3 Å². The molecule has 2 heterocycles. The second-order valence-electron chi connectivity index (χ2n) is 8.44. The molecule has 2 fully saturated rings. The average Bonchev–Trinajstić information content (AvgIpc) is 2.44. The monoisotopic (exact) mass is 564 g/mol. The summed E-state index contributed by atoms with van der Waals surface area (Å²) in [6.45, 7) is 10.3. The number of ether oxygens (including phenoxy) is 4. The molecule has 0 aromatic heterocycles. The molecule has 2 aliphatic rings. The van der Waals surface area contributed by atoms with Gasteiger partial charge in [0.1, 0.15) is 0 Å². The van der Waals surface area contributed by atoms with Crippen molar-refractivity contribution in [1.29, 1.82) is 0 Å². The molecule has 0 aromatic carbocycles. The van der Waals surface area contributed by atoms with E-state index in [9.17, 15) is 0 Å². The summed E-state index contributed by atoms with van der Waals surface area (Å²) in [5.74, 6) is -1.03. The molecule has 0 bridgehead atoms. The molecule has 2 aliphatic heterocycles. The number of halogens is 1. The van der Waals surface area contributed by atoms with Gasteiger partial charge in [-0.25, -0.2) is 0 Å². The van der Waals surface area contributed by atoms with E-state index in [1.807, 2.05) is 27.7 Å². The molecule has 6 heteroatoms. The van der Waals surface area contributed by atoms with Crippen LogP contribution in [0.3, 0.4) is 0 Å². The molecule has 0 aromatic rings. The second-order valence-corrected chi connectivity index (χ2v) is 15.5. The normalized spacial score (nSPS) is 34.5. The van der Waals surface area contributed by atoms with Crippen molar-refractivity contribution in [3.05, 3.63) is 0 Å². The van der Waals surface area contributed by atoms with Crippen molar-refractivity contribution in [1.82, 2.24) is 0 Å². The fourth-order valence-corrected chi connectivity index (χ4v) is 8.58. The summed E-state index contributed by atoms with van der Waals surface area (Å²) >= 11 is -1.22. The average molecular weight is 564 g/mol. The first kappa shape index (κ1) is 22.4. The van der Waals surface area contributed by atoms with Crippen LogP contribution in [0.1, 0.15) is 79.6 Å². The molecule has 25 heavy (non-hydrogen) atoms. The standard InChI is InChI=1S/C19H35O4.ClH.Hg/c1-7-8-9-10-15-12-17(23-19(5,6)21-15)13-16-11-14(2)20-18(3,4)22-16;;/h14-17H,2,7-13H2,1,3-6H3;1H;/q;;+1/p-1/t14-,15-,16-,17-;;/m1../s1. The van der Waals surface area contributed by atoms with Crippen LogP contribution in [0.25, 0.3) is 0 Å². The first-order chi connectivity index (χ1) is 11.7. The molecule has 4 atom stereocenters. The summed E-state index contributed by atoms with van der Waals surface area (Å²) in [5, 5.41) is 0. The molecule has 4 nitrogen and oxygen atoms in total. The zero-order chi connectivity index (χ0) is 18.5. The van der Waals surface area contributed by atoms with E-state index in [2.05, 4.69) is 6.92 Å². The molecule has 2 saturated heterocycles. The van der Waals surface area contributed by atoms with Crippen LogP contribution in [0.15, 0.2) is 0 Å². The topological polar surface area (TPSA) is 36.9 Å². The Morgan fingerprint density at radius 2 is 1.36 bits per heavy atom. The summed E-state index contributed by atoms with van der Waals surface area (Å²) in [6.07, 6.45) is 8.63. The Balaban J connectivity index is 1.92. The van der Waals surface area contributed by atoms with E-state index >= 15 is 0 Å². The molecule has 144 valence electrons. The van der Waals surface area contributed by atoms with Gasteiger partial charge in [-0.3, -0.25) is 0 Å². The van der Waals surface area contributed by atoms with Gasteiger partial charge in [-0.05, 0) is 0 Å². The second kappa shape index (κ2) is 10.0. The summed E-state index contributed by atoms with van der Waals surface area (Å²) in [4.78, 5) is 0. The van der Waals surface area contributed by atoms with Crippen molar-refractivity contribution in [3.8, 4) is 0 Å². The van der Waals surface area contributed by atoms with Crippen molar-refractivity contribution < 1.29 is 42.3 Å². The van der Waals surface area contributed by atoms with E-state index in [1.54, 1.807) is 0 Å². The Labute approximate surface area is 169 Å². The van der Waals surface area contributed by atoms with Crippen molar-refractivity contribution in [3.63, 3.8) is 0 Å². The molecule has 0 spiro atoms. The Bertz CT molecular complexity index is 405. The quantitative estimate of drug-likeness (QED) is 0.292. The predicted octanol–water partition coefficient (Wildman–Crippen LogP) is 5.43. The zero-order valence-electron chi connectivity index (χ0n) is 16.7. The number of hydrogen-bond acceptors (Lipinski definition) is 4. The van der Waals surface area contributed by atoms with Crippen molar-refractivity contribution >= 4 is 8.25 Å². The molecule has 0 radical (unpaired) electrons. The number of rotatable bonds is 8. The van der Waals surface area contributed by atoms with Crippen molar-refractivity contribution in [2.75, 3.05) is 0 Å². The van der Waals surface area contributed by atoms with Gasteiger partial charge >= 0.3 is 163 Å². The van der Waals surface area contributed by atoms with Crippen LogP contribution in [0.5, 0.6) is 0 Å². The van der Waals surface area contributed by atoms with Crippen LogP contribution >= 0.6 is 8.25 Å². The van der Waals surface area contributed by atoms with Crippen molar-refractivity contribution in [2.24, 2.45) is 0 Å². The SMILES string of the molecule is CCCCC[C@@H]1C[C@H](C[C@H]2C[C@@H]([CH2][Hg][Cl])OC(C)(C)O2)OC(C)(C)O1. The number of hydrogen-bond donors (Lipinski definition) is 0. The molecule has 0 aliphatic carbocycles. The van der Waals surface area contributed by atoms with Crippen LogP contribution < -0.4 is 0 Å². The van der Waals surface area contributed by atoms with Gasteiger partial charge in [0.25, 0.3) is 0 Å². The van der Waals surface area contributed by atoms with Crippen LogP contribution in [0.2, 0.25) is 3.93 Å². The van der Waals surface area contributed by atoms with Gasteiger partial charge in [-0.2, -0.15) is 0 Å². The van der Waals surface area contributed by atoms with E-state index in [4.69, 9.17) is 27.2 Å². The summed E-state index contributed by atoms with van der Waals surface area (Å²) < 4.78 is 25.7. The summed E-state index contributed by atoms with van der Waals surface area (Å²) in [5.41, 5.74) is 0. The minimum absolute atomic E-state index is 0.181. The first-order valence-corrected chi connectivity index (χ1v) is 20.7. The van der Waals surface area contributed by atoms with Gasteiger partial charge in [-0.15, -0.1) is 0 Å². The molecule has 0 amide bonds. The fourth-order valence-electron chi connectivity index (χ4n) is 4.12. The maximum absolute atomic E-state index is 6.22. The Kier molecular flexibility index (Phi) is 8.96.